The number of ketones is 1. The lowest BCUT2D eigenvalue weighted by Gasteiger charge is -2.33. The maximum atomic E-state index is 13.9. The van der Waals surface area contributed by atoms with Gasteiger partial charge in [-0.05, 0) is 49.4 Å². The number of carbonyl (C=O) groups is 2. The third-order valence-electron chi connectivity index (χ3n) is 7.71. The minimum atomic E-state index is -3.99. The lowest BCUT2D eigenvalue weighted by molar-refractivity contribution is -0.128. The first-order valence-electron chi connectivity index (χ1n) is 13.9. The van der Waals surface area contributed by atoms with Crippen molar-refractivity contribution in [3.63, 3.8) is 0 Å². The van der Waals surface area contributed by atoms with Crippen LogP contribution in [0.15, 0.2) is 58.4 Å². The van der Waals surface area contributed by atoms with Gasteiger partial charge < -0.3 is 9.84 Å². The Bertz CT molecular complexity index is 1490. The van der Waals surface area contributed by atoms with Gasteiger partial charge in [-0.1, -0.05) is 43.3 Å². The summed E-state index contributed by atoms with van der Waals surface area (Å²) in [5, 5.41) is 7.00. The van der Waals surface area contributed by atoms with E-state index in [-0.39, 0.29) is 23.9 Å². The van der Waals surface area contributed by atoms with Crippen LogP contribution in [0.1, 0.15) is 51.4 Å². The van der Waals surface area contributed by atoms with E-state index in [1.165, 1.54) is 34.2 Å². The van der Waals surface area contributed by atoms with E-state index in [4.69, 9.17) is 4.52 Å². The van der Waals surface area contributed by atoms with Gasteiger partial charge in [-0.3, -0.25) is 14.1 Å². The third kappa shape index (κ3) is 6.97. The number of pyridine rings is 1. The van der Waals surface area contributed by atoms with Gasteiger partial charge in [0, 0.05) is 18.8 Å². The number of hydrogen-bond acceptors (Lipinski definition) is 9. The second kappa shape index (κ2) is 13.5. The van der Waals surface area contributed by atoms with Crippen LogP contribution in [-0.2, 0) is 30.9 Å². The molecule has 1 saturated carbocycles. The van der Waals surface area contributed by atoms with Crippen LogP contribution in [0.3, 0.4) is 0 Å². The van der Waals surface area contributed by atoms with Crippen LogP contribution in [0.2, 0.25) is 0 Å². The molecule has 0 aromatic carbocycles. The number of aromatic nitrogens is 2. The Morgan fingerprint density at radius 2 is 1.98 bits per heavy atom. The molecule has 42 heavy (non-hydrogen) atoms. The molecule has 3 atom stereocenters. The van der Waals surface area contributed by atoms with Crippen molar-refractivity contribution in [2.75, 3.05) is 17.4 Å². The first-order chi connectivity index (χ1) is 20.2. The van der Waals surface area contributed by atoms with Crippen molar-refractivity contribution in [2.45, 2.75) is 68.5 Å². The lowest BCUT2D eigenvalue weighted by atomic mass is 9.84. The number of Topliss-reactive ketones (excluding diaryl/α,β-unsaturated/α-hetero) is 1. The number of anilines is 1. The summed E-state index contributed by atoms with van der Waals surface area (Å²) in [7, 11) is -3.99. The fourth-order valence-electron chi connectivity index (χ4n) is 5.56. The number of amides is 1. The molecule has 15 heteroatoms. The van der Waals surface area contributed by atoms with Crippen molar-refractivity contribution in [3.05, 3.63) is 48.9 Å². The Labute approximate surface area is 250 Å². The molecule has 0 bridgehead atoms. The van der Waals surface area contributed by atoms with Crippen LogP contribution in [-0.4, -0.2) is 68.5 Å². The average Bonchev–Trinajstić information content (AvgIpc) is 3.66. The van der Waals surface area contributed by atoms with Crippen LogP contribution < -0.4 is 9.62 Å². The Kier molecular flexibility index (Phi) is 9.83. The van der Waals surface area contributed by atoms with Crippen molar-refractivity contribution < 1.29 is 31.3 Å². The first-order valence-corrected chi connectivity index (χ1v) is 17.2. The molecule has 2 N–H and O–H groups in total. The normalized spacial score (nSPS) is 20.5. The number of thiophene rings is 1. The fraction of sp³-hybridized carbons (Fsp3) is 0.481. The smallest absolute Gasteiger partial charge is 0.263 e. The minimum absolute atomic E-state index is 0.106. The highest BCUT2D eigenvalue weighted by Crippen LogP contribution is 2.37. The molecular weight excluding hydrogens is 603 g/mol. The zero-order valence-corrected chi connectivity index (χ0v) is 25.3. The Morgan fingerprint density at radius 1 is 1.17 bits per heavy atom. The van der Waals surface area contributed by atoms with E-state index in [1.807, 2.05) is 0 Å². The molecule has 4 heterocycles. The van der Waals surface area contributed by atoms with Crippen LogP contribution in [0.25, 0.3) is 10.6 Å². The maximum absolute atomic E-state index is 13.9. The third-order valence-corrected chi connectivity index (χ3v) is 11.5. The summed E-state index contributed by atoms with van der Waals surface area (Å²) in [4.78, 5) is 31.8. The molecule has 0 spiro atoms. The van der Waals surface area contributed by atoms with Crippen LogP contribution in [0.5, 0.6) is 0 Å². The number of sulfonamides is 1. The van der Waals surface area contributed by atoms with Crippen molar-refractivity contribution >= 4 is 49.3 Å². The van der Waals surface area contributed by atoms with Crippen molar-refractivity contribution in [2.24, 2.45) is 5.92 Å². The fourth-order valence-corrected chi connectivity index (χ4v) is 8.78. The Balaban J connectivity index is 1.36. The van der Waals surface area contributed by atoms with E-state index in [9.17, 15) is 26.8 Å². The standard InChI is InChI=1S/C27H33N5O7S3/c33-23-18-31(42(37,38)25-10-4-5-14-28-25)15-6-9-20(23)29-27(34)22(17-19-7-2-1-3-8-19)32(41(35)36)26-12-11-24(40-26)21-13-16-39-30-21/h4-5,10-14,16,19-20,22H,1-3,6-9,15,17-18H2,(H,29,34)(H,35,36). The van der Waals surface area contributed by atoms with E-state index < -0.39 is 51.6 Å². The van der Waals surface area contributed by atoms with Gasteiger partial charge in [-0.2, -0.15) is 4.31 Å². The first kappa shape index (κ1) is 30.5. The average molecular weight is 636 g/mol. The number of rotatable bonds is 10. The SMILES string of the molecule is O=C1CN(S(=O)(=O)c2ccccn2)CCCC1NC(=O)C(CC1CCCCC1)N(c1ccc(-c2ccon2)s1)S(=O)O. The summed E-state index contributed by atoms with van der Waals surface area (Å²) in [6, 6.07) is 7.69. The monoisotopic (exact) mass is 635 g/mol. The Hall–Kier alpha value is -2.98. The van der Waals surface area contributed by atoms with Gasteiger partial charge in [0.1, 0.15) is 23.0 Å². The number of carbonyl (C=O) groups excluding carboxylic acids is 2. The Morgan fingerprint density at radius 3 is 2.67 bits per heavy atom. The summed E-state index contributed by atoms with van der Waals surface area (Å²) in [5.41, 5.74) is 0.567. The molecule has 226 valence electrons. The summed E-state index contributed by atoms with van der Waals surface area (Å²) < 4.78 is 56.6. The number of nitrogens with one attached hydrogen (secondary N) is 1. The van der Waals surface area contributed by atoms with Gasteiger partial charge in [-0.25, -0.2) is 21.9 Å². The van der Waals surface area contributed by atoms with Gasteiger partial charge in [0.05, 0.1) is 17.5 Å². The molecular formula is C27H33N5O7S3. The van der Waals surface area contributed by atoms with E-state index in [2.05, 4.69) is 15.5 Å². The molecule has 1 aliphatic carbocycles. The van der Waals surface area contributed by atoms with Crippen LogP contribution in [0.4, 0.5) is 5.00 Å². The maximum Gasteiger partial charge on any atom is 0.263 e. The summed E-state index contributed by atoms with van der Waals surface area (Å²) in [6.45, 7) is -0.298. The van der Waals surface area contributed by atoms with Gasteiger partial charge in [-0.15, -0.1) is 11.3 Å². The highest BCUT2D eigenvalue weighted by Gasteiger charge is 2.38. The quantitative estimate of drug-likeness (QED) is 0.317. The molecule has 2 fully saturated rings. The molecule has 5 rings (SSSR count). The van der Waals surface area contributed by atoms with Crippen molar-refractivity contribution in [3.8, 4) is 10.6 Å². The minimum Gasteiger partial charge on any atom is -0.364 e. The molecule has 1 saturated heterocycles. The van der Waals surface area contributed by atoms with Gasteiger partial charge in [0.15, 0.2) is 10.8 Å². The van der Waals surface area contributed by atoms with Gasteiger partial charge >= 0.3 is 0 Å². The summed E-state index contributed by atoms with van der Waals surface area (Å²) >= 11 is -1.33. The van der Waals surface area contributed by atoms with E-state index in [1.54, 1.807) is 30.3 Å². The zero-order valence-electron chi connectivity index (χ0n) is 22.8. The largest absolute Gasteiger partial charge is 0.364 e. The van der Waals surface area contributed by atoms with Crippen LogP contribution >= 0.6 is 11.3 Å². The molecule has 3 aromatic rings. The van der Waals surface area contributed by atoms with Crippen molar-refractivity contribution in [1.29, 1.82) is 0 Å². The van der Waals surface area contributed by atoms with Gasteiger partial charge in [0.2, 0.25) is 5.91 Å². The number of nitrogens with zero attached hydrogens (tertiary/aromatic N) is 4. The van der Waals surface area contributed by atoms with E-state index >= 15 is 0 Å². The molecule has 1 aliphatic heterocycles. The highest BCUT2D eigenvalue weighted by molar-refractivity contribution is 7.89. The lowest BCUT2D eigenvalue weighted by Crippen LogP contribution is -2.53. The molecule has 3 unspecified atom stereocenters. The van der Waals surface area contributed by atoms with Crippen LogP contribution in [0, 0.1) is 5.92 Å². The summed E-state index contributed by atoms with van der Waals surface area (Å²) in [5.74, 6) is -0.809. The van der Waals surface area contributed by atoms with E-state index in [0.717, 1.165) is 36.4 Å². The molecule has 1 amide bonds. The van der Waals surface area contributed by atoms with Crippen molar-refractivity contribution in [1.82, 2.24) is 19.8 Å². The molecule has 0 radical (unpaired) electrons. The number of hydrogen-bond donors (Lipinski definition) is 2. The predicted molar refractivity (Wildman–Crippen MR) is 157 cm³/mol. The molecule has 12 nitrogen and oxygen atoms in total. The highest BCUT2D eigenvalue weighted by atomic mass is 32.2. The molecule has 3 aromatic heterocycles. The van der Waals surface area contributed by atoms with E-state index in [0.29, 0.717) is 28.4 Å². The predicted octanol–water partition coefficient (Wildman–Crippen LogP) is 3.62. The zero-order chi connectivity index (χ0) is 29.7. The summed E-state index contributed by atoms with van der Waals surface area (Å²) in [6.07, 6.45) is 8.73. The van der Waals surface area contributed by atoms with Gasteiger partial charge in [0.25, 0.3) is 21.3 Å². The second-order valence-corrected chi connectivity index (χ2v) is 14.3. The topological polar surface area (TPSA) is 163 Å². The second-order valence-electron chi connectivity index (χ2n) is 10.5. The molecule has 2 aliphatic rings.